The van der Waals surface area contributed by atoms with Gasteiger partial charge in [-0.3, -0.25) is 9.59 Å². The van der Waals surface area contributed by atoms with Crippen LogP contribution in [-0.4, -0.2) is 49.2 Å². The number of amides is 1. The van der Waals surface area contributed by atoms with Crippen molar-refractivity contribution in [2.24, 2.45) is 5.92 Å². The minimum Gasteiger partial charge on any atom is -0.481 e. The number of nitrogens with zero attached hydrogens (tertiary/aromatic N) is 4. The van der Waals surface area contributed by atoms with E-state index < -0.39 is 11.9 Å². The second kappa shape index (κ2) is 6.46. The highest BCUT2D eigenvalue weighted by molar-refractivity contribution is 5.98. The highest BCUT2D eigenvalue weighted by Crippen LogP contribution is 2.30. The zero-order valence-electron chi connectivity index (χ0n) is 15.1. The van der Waals surface area contributed by atoms with E-state index in [1.54, 1.807) is 18.0 Å². The molecule has 2 aromatic rings. The molecule has 3 rings (SSSR count). The van der Waals surface area contributed by atoms with E-state index in [9.17, 15) is 14.7 Å². The fraction of sp³-hybridized carbons (Fsp3) is 0.556. The summed E-state index contributed by atoms with van der Waals surface area (Å²) in [6.45, 7) is 7.73. The van der Waals surface area contributed by atoms with E-state index in [1.807, 2.05) is 31.5 Å². The first-order chi connectivity index (χ1) is 11.8. The van der Waals surface area contributed by atoms with Crippen LogP contribution < -0.4 is 0 Å². The molecular weight excluding hydrogens is 320 g/mol. The van der Waals surface area contributed by atoms with Crippen molar-refractivity contribution in [1.82, 2.24) is 19.7 Å². The van der Waals surface area contributed by atoms with Crippen molar-refractivity contribution in [3.05, 3.63) is 23.5 Å². The fourth-order valence-corrected chi connectivity index (χ4v) is 2.97. The first-order valence-corrected chi connectivity index (χ1v) is 8.68. The van der Waals surface area contributed by atoms with Gasteiger partial charge in [0.15, 0.2) is 5.65 Å². The van der Waals surface area contributed by atoms with Crippen molar-refractivity contribution in [3.8, 4) is 0 Å². The van der Waals surface area contributed by atoms with Crippen LogP contribution in [0.15, 0.2) is 12.3 Å². The topological polar surface area (TPSA) is 88.3 Å². The quantitative estimate of drug-likeness (QED) is 0.870. The van der Waals surface area contributed by atoms with Crippen LogP contribution in [0, 0.1) is 12.8 Å². The van der Waals surface area contributed by atoms with Crippen molar-refractivity contribution < 1.29 is 14.7 Å². The third-order valence-corrected chi connectivity index (χ3v) is 4.62. The Bertz CT molecular complexity index is 823. The van der Waals surface area contributed by atoms with E-state index in [4.69, 9.17) is 0 Å². The summed E-state index contributed by atoms with van der Waals surface area (Å²) in [7, 11) is 0. The SMILES string of the molecule is Cc1nc2c(cnn2C(C)C)cc1C(=O)N(CC(C)C(=O)O)C1CC1. The van der Waals surface area contributed by atoms with Crippen LogP contribution in [0.2, 0.25) is 0 Å². The second-order valence-electron chi connectivity index (χ2n) is 7.15. The van der Waals surface area contributed by atoms with Crippen LogP contribution in [0.25, 0.3) is 11.0 Å². The van der Waals surface area contributed by atoms with Gasteiger partial charge >= 0.3 is 5.97 Å². The summed E-state index contributed by atoms with van der Waals surface area (Å²) in [5.74, 6) is -1.62. The lowest BCUT2D eigenvalue weighted by Gasteiger charge is -2.25. The average Bonchev–Trinajstić information content (AvgIpc) is 3.30. The third kappa shape index (κ3) is 3.36. The van der Waals surface area contributed by atoms with Gasteiger partial charge in [0.25, 0.3) is 5.91 Å². The maximum atomic E-state index is 13.1. The zero-order chi connectivity index (χ0) is 18.3. The Hall–Kier alpha value is -2.44. The van der Waals surface area contributed by atoms with Gasteiger partial charge in [0.2, 0.25) is 0 Å². The standard InChI is InChI=1S/C18H24N4O3/c1-10(2)22-16-13(8-19-22)7-15(12(4)20-16)17(23)21(14-5-6-14)9-11(3)18(24)25/h7-8,10-11,14H,5-6,9H2,1-4H3,(H,24,25). The van der Waals surface area contributed by atoms with Crippen LogP contribution in [0.5, 0.6) is 0 Å². The highest BCUT2D eigenvalue weighted by Gasteiger charge is 2.35. The summed E-state index contributed by atoms with van der Waals surface area (Å²) in [4.78, 5) is 30.5. The lowest BCUT2D eigenvalue weighted by Crippen LogP contribution is -2.39. The number of pyridine rings is 1. The molecule has 7 heteroatoms. The average molecular weight is 344 g/mol. The molecule has 1 aliphatic rings. The summed E-state index contributed by atoms with van der Waals surface area (Å²) in [5, 5.41) is 14.4. The van der Waals surface area contributed by atoms with Gasteiger partial charge in [-0.25, -0.2) is 9.67 Å². The summed E-state index contributed by atoms with van der Waals surface area (Å²) in [5.41, 5.74) is 1.94. The molecule has 2 aromatic heterocycles. The Balaban J connectivity index is 1.95. The monoisotopic (exact) mass is 344 g/mol. The van der Waals surface area contributed by atoms with Gasteiger partial charge < -0.3 is 10.0 Å². The smallest absolute Gasteiger partial charge is 0.308 e. The molecule has 0 radical (unpaired) electrons. The molecule has 1 atom stereocenters. The Kier molecular flexibility index (Phi) is 4.49. The predicted molar refractivity (Wildman–Crippen MR) is 93.5 cm³/mol. The fourth-order valence-electron chi connectivity index (χ4n) is 2.97. The van der Waals surface area contributed by atoms with Crippen LogP contribution in [-0.2, 0) is 4.79 Å². The van der Waals surface area contributed by atoms with Gasteiger partial charge in [-0.2, -0.15) is 5.10 Å². The maximum absolute atomic E-state index is 13.1. The number of aryl methyl sites for hydroxylation is 1. The number of hydrogen-bond acceptors (Lipinski definition) is 4. The number of carbonyl (C=O) groups is 2. The molecule has 1 amide bonds. The molecule has 1 saturated carbocycles. The van der Waals surface area contributed by atoms with Crippen LogP contribution in [0.1, 0.15) is 55.7 Å². The number of aromatic nitrogens is 3. The Morgan fingerprint density at radius 3 is 2.60 bits per heavy atom. The van der Waals surface area contributed by atoms with Gasteiger partial charge in [-0.15, -0.1) is 0 Å². The molecule has 0 saturated heterocycles. The summed E-state index contributed by atoms with van der Waals surface area (Å²) in [6, 6.07) is 2.15. The highest BCUT2D eigenvalue weighted by atomic mass is 16.4. The minimum atomic E-state index is -0.887. The molecule has 0 aromatic carbocycles. The largest absolute Gasteiger partial charge is 0.481 e. The molecule has 2 heterocycles. The Labute approximate surface area is 146 Å². The zero-order valence-corrected chi connectivity index (χ0v) is 15.1. The number of hydrogen-bond donors (Lipinski definition) is 1. The molecule has 1 N–H and O–H groups in total. The summed E-state index contributed by atoms with van der Waals surface area (Å²) >= 11 is 0. The number of carboxylic acid groups (broad SMARTS) is 1. The van der Waals surface area contributed by atoms with Crippen molar-refractivity contribution in [3.63, 3.8) is 0 Å². The van der Waals surface area contributed by atoms with Crippen molar-refractivity contribution >= 4 is 22.9 Å². The molecule has 134 valence electrons. The summed E-state index contributed by atoms with van der Waals surface area (Å²) < 4.78 is 1.84. The number of carboxylic acids is 1. The Morgan fingerprint density at radius 2 is 2.04 bits per heavy atom. The first kappa shape index (κ1) is 17.4. The molecule has 25 heavy (non-hydrogen) atoms. The van der Waals surface area contributed by atoms with Crippen LogP contribution >= 0.6 is 0 Å². The lowest BCUT2D eigenvalue weighted by atomic mass is 10.1. The normalized spacial score (nSPS) is 15.6. The maximum Gasteiger partial charge on any atom is 0.308 e. The van der Waals surface area contributed by atoms with E-state index in [-0.39, 0.29) is 24.5 Å². The number of aliphatic carboxylic acids is 1. The summed E-state index contributed by atoms with van der Waals surface area (Å²) in [6.07, 6.45) is 3.58. The Morgan fingerprint density at radius 1 is 1.36 bits per heavy atom. The molecule has 7 nitrogen and oxygen atoms in total. The minimum absolute atomic E-state index is 0.139. The molecule has 0 spiro atoms. The lowest BCUT2D eigenvalue weighted by molar-refractivity contribution is -0.141. The van der Waals surface area contributed by atoms with Crippen molar-refractivity contribution in [2.45, 2.75) is 52.6 Å². The van der Waals surface area contributed by atoms with Gasteiger partial charge in [0, 0.05) is 24.0 Å². The number of rotatable bonds is 6. The van der Waals surface area contributed by atoms with Crippen molar-refractivity contribution in [2.75, 3.05) is 6.54 Å². The molecule has 1 fully saturated rings. The predicted octanol–water partition coefficient (Wildman–Crippen LogP) is 2.65. The van der Waals surface area contributed by atoms with Gasteiger partial charge in [0.1, 0.15) is 0 Å². The van der Waals surface area contributed by atoms with Gasteiger partial charge in [0.05, 0.1) is 23.4 Å². The van der Waals surface area contributed by atoms with E-state index in [1.165, 1.54) is 0 Å². The molecule has 1 unspecified atom stereocenters. The molecule has 0 bridgehead atoms. The van der Waals surface area contributed by atoms with E-state index in [2.05, 4.69) is 10.1 Å². The van der Waals surface area contributed by atoms with E-state index in [0.29, 0.717) is 11.3 Å². The van der Waals surface area contributed by atoms with Gasteiger partial charge in [-0.1, -0.05) is 6.92 Å². The second-order valence-corrected chi connectivity index (χ2v) is 7.15. The van der Waals surface area contributed by atoms with Crippen LogP contribution in [0.4, 0.5) is 0 Å². The third-order valence-electron chi connectivity index (χ3n) is 4.62. The van der Waals surface area contributed by atoms with E-state index in [0.717, 1.165) is 23.9 Å². The first-order valence-electron chi connectivity index (χ1n) is 8.68. The van der Waals surface area contributed by atoms with Crippen LogP contribution in [0.3, 0.4) is 0 Å². The molecule has 0 aliphatic heterocycles. The van der Waals surface area contributed by atoms with Gasteiger partial charge in [-0.05, 0) is 39.7 Å². The number of fused-ring (bicyclic) bond motifs is 1. The molecule has 1 aliphatic carbocycles. The number of carbonyl (C=O) groups excluding carboxylic acids is 1. The van der Waals surface area contributed by atoms with E-state index >= 15 is 0 Å². The molecular formula is C18H24N4O3. The van der Waals surface area contributed by atoms with Crippen molar-refractivity contribution in [1.29, 1.82) is 0 Å².